The maximum atomic E-state index is 9.47. The minimum atomic E-state index is -0.745. The third kappa shape index (κ3) is 2.23. The number of anilines is 1. The molecule has 4 heteroatoms. The Balaban J connectivity index is 2.77. The Hall–Kier alpha value is -1.03. The summed E-state index contributed by atoms with van der Waals surface area (Å²) in [6, 6.07) is 0. The molecule has 1 rings (SSSR count). The van der Waals surface area contributed by atoms with Gasteiger partial charge in [-0.05, 0) is 20.8 Å². The average molecular weight is 169 g/mol. The number of aliphatic hydroxyl groups is 1. The van der Waals surface area contributed by atoms with E-state index in [1.807, 2.05) is 13.1 Å². The van der Waals surface area contributed by atoms with Crippen LogP contribution in [0, 0.1) is 6.92 Å². The van der Waals surface area contributed by atoms with Gasteiger partial charge in [0.2, 0.25) is 0 Å². The molecule has 0 saturated carbocycles. The van der Waals surface area contributed by atoms with E-state index in [9.17, 15) is 5.11 Å². The first-order valence-corrected chi connectivity index (χ1v) is 3.90. The first kappa shape index (κ1) is 9.06. The van der Waals surface area contributed by atoms with Crippen LogP contribution in [0.25, 0.3) is 0 Å². The summed E-state index contributed by atoms with van der Waals surface area (Å²) >= 11 is 0. The molecule has 0 unspecified atom stereocenters. The minimum Gasteiger partial charge on any atom is -0.389 e. The van der Waals surface area contributed by atoms with Crippen LogP contribution in [0.1, 0.15) is 19.4 Å². The molecule has 0 atom stereocenters. The highest BCUT2D eigenvalue weighted by molar-refractivity contribution is 5.35. The Labute approximate surface area is 72.0 Å². The molecule has 0 bridgehead atoms. The normalized spacial score (nSPS) is 12.0. The zero-order valence-corrected chi connectivity index (χ0v) is 7.70. The average Bonchev–Trinajstić information content (AvgIpc) is 2.07. The molecule has 0 saturated heterocycles. The van der Waals surface area contributed by atoms with E-state index in [1.54, 1.807) is 18.5 Å². The number of nitrogen functional groups attached to an aromatic ring is 1. The molecule has 0 amide bonds. The Morgan fingerprint density at radius 3 is 2.58 bits per heavy atom. The van der Waals surface area contributed by atoms with Crippen molar-refractivity contribution in [3.05, 3.63) is 11.8 Å². The SMILES string of the molecule is Cc1cn(CC(C)(C)O)nc1N. The minimum absolute atomic E-state index is 0.463. The summed E-state index contributed by atoms with van der Waals surface area (Å²) in [7, 11) is 0. The predicted molar refractivity (Wildman–Crippen MR) is 47.7 cm³/mol. The number of aromatic nitrogens is 2. The number of hydrogen-bond acceptors (Lipinski definition) is 3. The largest absolute Gasteiger partial charge is 0.389 e. The third-order valence-corrected chi connectivity index (χ3v) is 1.53. The van der Waals surface area contributed by atoms with Crippen LogP contribution in [0.15, 0.2) is 6.20 Å². The molecular formula is C8H15N3O. The summed E-state index contributed by atoms with van der Waals surface area (Å²) in [6.45, 7) is 5.83. The number of rotatable bonds is 2. The van der Waals surface area contributed by atoms with Crippen LogP contribution in [0.5, 0.6) is 0 Å². The van der Waals surface area contributed by atoms with Crippen molar-refractivity contribution in [1.29, 1.82) is 0 Å². The molecule has 4 nitrogen and oxygen atoms in total. The molecule has 1 aromatic heterocycles. The highest BCUT2D eigenvalue weighted by Crippen LogP contribution is 2.10. The Morgan fingerprint density at radius 1 is 1.67 bits per heavy atom. The van der Waals surface area contributed by atoms with Crippen LogP contribution in [0.2, 0.25) is 0 Å². The van der Waals surface area contributed by atoms with Gasteiger partial charge in [0.15, 0.2) is 0 Å². The van der Waals surface area contributed by atoms with Crippen LogP contribution in [-0.4, -0.2) is 20.5 Å². The molecular weight excluding hydrogens is 154 g/mol. The van der Waals surface area contributed by atoms with Gasteiger partial charge in [0.25, 0.3) is 0 Å². The Bertz CT molecular complexity index is 253. The monoisotopic (exact) mass is 169 g/mol. The lowest BCUT2D eigenvalue weighted by molar-refractivity contribution is 0.0578. The fourth-order valence-corrected chi connectivity index (χ4v) is 1.01. The molecule has 0 fully saturated rings. The lowest BCUT2D eigenvalue weighted by atomic mass is 10.1. The molecule has 1 aromatic rings. The van der Waals surface area contributed by atoms with Crippen LogP contribution < -0.4 is 5.73 Å². The van der Waals surface area contributed by atoms with Crippen molar-refractivity contribution in [3.8, 4) is 0 Å². The number of hydrogen-bond donors (Lipinski definition) is 2. The van der Waals surface area contributed by atoms with Crippen LogP contribution in [0.3, 0.4) is 0 Å². The zero-order valence-electron chi connectivity index (χ0n) is 7.70. The topological polar surface area (TPSA) is 64.1 Å². The summed E-state index contributed by atoms with van der Waals surface area (Å²) in [6.07, 6.45) is 1.83. The van der Waals surface area contributed by atoms with Crippen molar-refractivity contribution in [2.45, 2.75) is 32.9 Å². The van der Waals surface area contributed by atoms with E-state index >= 15 is 0 Å². The van der Waals surface area contributed by atoms with E-state index in [0.29, 0.717) is 12.4 Å². The second kappa shape index (κ2) is 2.79. The van der Waals surface area contributed by atoms with Gasteiger partial charge in [-0.3, -0.25) is 4.68 Å². The highest BCUT2D eigenvalue weighted by Gasteiger charge is 2.14. The van der Waals surface area contributed by atoms with E-state index in [-0.39, 0.29) is 0 Å². The van der Waals surface area contributed by atoms with Crippen molar-refractivity contribution in [2.75, 3.05) is 5.73 Å². The summed E-state index contributed by atoms with van der Waals surface area (Å²) in [4.78, 5) is 0. The van der Waals surface area contributed by atoms with E-state index < -0.39 is 5.60 Å². The fourth-order valence-electron chi connectivity index (χ4n) is 1.01. The standard InChI is InChI=1S/C8H15N3O/c1-6-4-11(10-7(6)9)5-8(2,3)12/h4,12H,5H2,1-3H3,(H2,9,10). The van der Waals surface area contributed by atoms with E-state index in [0.717, 1.165) is 5.56 Å². The van der Waals surface area contributed by atoms with E-state index in [1.165, 1.54) is 0 Å². The molecule has 68 valence electrons. The van der Waals surface area contributed by atoms with Gasteiger partial charge in [-0.15, -0.1) is 0 Å². The van der Waals surface area contributed by atoms with Crippen molar-refractivity contribution < 1.29 is 5.11 Å². The predicted octanol–water partition coefficient (Wildman–Crippen LogP) is 0.545. The van der Waals surface area contributed by atoms with Crippen molar-refractivity contribution in [1.82, 2.24) is 9.78 Å². The second-order valence-corrected chi connectivity index (χ2v) is 3.71. The van der Waals surface area contributed by atoms with Gasteiger partial charge in [-0.2, -0.15) is 5.10 Å². The lowest BCUT2D eigenvalue weighted by Crippen LogP contribution is -2.26. The van der Waals surface area contributed by atoms with Gasteiger partial charge in [0.05, 0.1) is 12.1 Å². The molecule has 1 heterocycles. The van der Waals surface area contributed by atoms with E-state index in [2.05, 4.69) is 5.10 Å². The first-order valence-electron chi connectivity index (χ1n) is 3.90. The van der Waals surface area contributed by atoms with Gasteiger partial charge in [0.1, 0.15) is 5.82 Å². The molecule has 0 aliphatic heterocycles. The van der Waals surface area contributed by atoms with Gasteiger partial charge in [-0.25, -0.2) is 0 Å². The number of nitrogens with two attached hydrogens (primary N) is 1. The van der Waals surface area contributed by atoms with Gasteiger partial charge in [-0.1, -0.05) is 0 Å². The molecule has 3 N–H and O–H groups in total. The molecule has 0 aliphatic carbocycles. The van der Waals surface area contributed by atoms with Crippen molar-refractivity contribution in [3.63, 3.8) is 0 Å². The molecule has 0 aliphatic rings. The van der Waals surface area contributed by atoms with Crippen molar-refractivity contribution >= 4 is 5.82 Å². The lowest BCUT2D eigenvalue weighted by Gasteiger charge is -2.16. The second-order valence-electron chi connectivity index (χ2n) is 3.71. The maximum absolute atomic E-state index is 9.47. The molecule has 0 aromatic carbocycles. The van der Waals surface area contributed by atoms with Crippen LogP contribution in [0.4, 0.5) is 5.82 Å². The van der Waals surface area contributed by atoms with Gasteiger partial charge < -0.3 is 10.8 Å². The number of nitrogens with zero attached hydrogens (tertiary/aromatic N) is 2. The summed E-state index contributed by atoms with van der Waals surface area (Å²) in [5, 5.41) is 13.5. The smallest absolute Gasteiger partial charge is 0.148 e. The first-order chi connectivity index (χ1) is 5.38. The van der Waals surface area contributed by atoms with Crippen LogP contribution in [-0.2, 0) is 6.54 Å². The quantitative estimate of drug-likeness (QED) is 0.679. The summed E-state index contributed by atoms with van der Waals surface area (Å²) in [5.74, 6) is 0.527. The third-order valence-electron chi connectivity index (χ3n) is 1.53. The molecule has 12 heavy (non-hydrogen) atoms. The van der Waals surface area contributed by atoms with E-state index in [4.69, 9.17) is 5.73 Å². The van der Waals surface area contributed by atoms with Gasteiger partial charge >= 0.3 is 0 Å². The summed E-state index contributed by atoms with van der Waals surface area (Å²) in [5.41, 5.74) is 5.74. The Kier molecular flexibility index (Phi) is 2.10. The summed E-state index contributed by atoms with van der Waals surface area (Å²) < 4.78 is 1.66. The zero-order chi connectivity index (χ0) is 9.35. The van der Waals surface area contributed by atoms with Crippen molar-refractivity contribution in [2.24, 2.45) is 0 Å². The highest BCUT2D eigenvalue weighted by atomic mass is 16.3. The Morgan fingerprint density at radius 2 is 2.25 bits per heavy atom. The van der Waals surface area contributed by atoms with Crippen LogP contribution >= 0.6 is 0 Å². The molecule has 0 spiro atoms. The molecule has 0 radical (unpaired) electrons. The van der Waals surface area contributed by atoms with Gasteiger partial charge in [0, 0.05) is 11.8 Å². The maximum Gasteiger partial charge on any atom is 0.148 e. The number of aryl methyl sites for hydroxylation is 1. The fraction of sp³-hybridized carbons (Fsp3) is 0.625.